The van der Waals surface area contributed by atoms with E-state index in [2.05, 4.69) is 15.9 Å². The summed E-state index contributed by atoms with van der Waals surface area (Å²) in [6.07, 6.45) is 2.52. The Morgan fingerprint density at radius 3 is 2.62 bits per heavy atom. The minimum atomic E-state index is 0.267. The minimum absolute atomic E-state index is 0.267. The molecule has 0 amide bonds. The quantitative estimate of drug-likeness (QED) is 0.541. The largest absolute Gasteiger partial charge is 0.377 e. The van der Waals surface area contributed by atoms with Crippen LogP contribution in [0.3, 0.4) is 0 Å². The fourth-order valence-electron chi connectivity index (χ4n) is 1.36. The third kappa shape index (κ3) is 6.03. The van der Waals surface area contributed by atoms with E-state index in [1.807, 2.05) is 30.3 Å². The molecule has 0 aliphatic carbocycles. The fraction of sp³-hybridized carbons (Fsp3) is 0.462. The molecule has 2 nitrogen and oxygen atoms in total. The van der Waals surface area contributed by atoms with Crippen molar-refractivity contribution in [3.05, 3.63) is 35.9 Å². The molecule has 0 fully saturated rings. The number of halogens is 1. The van der Waals surface area contributed by atoms with Crippen molar-refractivity contribution < 1.29 is 9.53 Å². The number of ketones is 1. The van der Waals surface area contributed by atoms with E-state index in [0.717, 1.165) is 19.4 Å². The summed E-state index contributed by atoms with van der Waals surface area (Å²) in [5.74, 6) is 0.267. The Kier molecular flexibility index (Phi) is 7.10. The maximum absolute atomic E-state index is 11.0. The summed E-state index contributed by atoms with van der Waals surface area (Å²) in [6, 6.07) is 10.1. The van der Waals surface area contributed by atoms with Gasteiger partial charge in [-0.2, -0.15) is 0 Å². The normalized spacial score (nSPS) is 10.3. The number of benzene rings is 1. The zero-order valence-corrected chi connectivity index (χ0v) is 10.9. The molecule has 0 atom stereocenters. The van der Waals surface area contributed by atoms with Gasteiger partial charge in [-0.1, -0.05) is 46.3 Å². The summed E-state index contributed by atoms with van der Waals surface area (Å²) in [6.45, 7) is 1.39. The van der Waals surface area contributed by atoms with E-state index < -0.39 is 0 Å². The van der Waals surface area contributed by atoms with Crippen molar-refractivity contribution in [3.63, 3.8) is 0 Å². The molecule has 0 N–H and O–H groups in total. The first-order valence-corrected chi connectivity index (χ1v) is 6.64. The van der Waals surface area contributed by atoms with Gasteiger partial charge in [-0.3, -0.25) is 4.79 Å². The van der Waals surface area contributed by atoms with Gasteiger partial charge in [0.1, 0.15) is 5.78 Å². The Labute approximate surface area is 105 Å². The molecule has 0 heterocycles. The van der Waals surface area contributed by atoms with Crippen LogP contribution in [0.15, 0.2) is 30.3 Å². The van der Waals surface area contributed by atoms with Crippen LogP contribution in [-0.2, 0) is 16.1 Å². The summed E-state index contributed by atoms with van der Waals surface area (Å²) in [5, 5.41) is 0.470. The SMILES string of the molecule is O=C(CBr)CCCCOCc1ccccc1. The van der Waals surface area contributed by atoms with Gasteiger partial charge in [0.15, 0.2) is 0 Å². The standard InChI is InChI=1S/C13H17BrO2/c14-10-13(15)8-4-5-9-16-11-12-6-2-1-3-7-12/h1-3,6-7H,4-5,8-11H2. The van der Waals surface area contributed by atoms with Crippen molar-refractivity contribution in [1.82, 2.24) is 0 Å². The van der Waals surface area contributed by atoms with E-state index >= 15 is 0 Å². The maximum atomic E-state index is 11.0. The highest BCUT2D eigenvalue weighted by Gasteiger charge is 1.98. The lowest BCUT2D eigenvalue weighted by Gasteiger charge is -2.03. The summed E-state index contributed by atoms with van der Waals surface area (Å²) < 4.78 is 5.51. The molecule has 0 saturated heterocycles. The van der Waals surface area contributed by atoms with Gasteiger partial charge < -0.3 is 4.74 Å². The molecule has 1 rings (SSSR count). The van der Waals surface area contributed by atoms with Gasteiger partial charge in [-0.15, -0.1) is 0 Å². The van der Waals surface area contributed by atoms with Crippen LogP contribution >= 0.6 is 15.9 Å². The lowest BCUT2D eigenvalue weighted by atomic mass is 10.2. The summed E-state index contributed by atoms with van der Waals surface area (Å²) >= 11 is 3.15. The summed E-state index contributed by atoms with van der Waals surface area (Å²) in [4.78, 5) is 11.0. The molecule has 0 bridgehead atoms. The van der Waals surface area contributed by atoms with E-state index in [-0.39, 0.29) is 5.78 Å². The molecule has 88 valence electrons. The van der Waals surface area contributed by atoms with Crippen LogP contribution in [0.1, 0.15) is 24.8 Å². The number of unbranched alkanes of at least 4 members (excludes halogenated alkanes) is 1. The van der Waals surface area contributed by atoms with Crippen LogP contribution in [0.25, 0.3) is 0 Å². The van der Waals surface area contributed by atoms with Crippen molar-refractivity contribution in [1.29, 1.82) is 0 Å². The Hall–Kier alpha value is -0.670. The highest BCUT2D eigenvalue weighted by molar-refractivity contribution is 9.09. The maximum Gasteiger partial charge on any atom is 0.143 e. The van der Waals surface area contributed by atoms with Crippen LogP contribution in [0.4, 0.5) is 0 Å². The Bertz CT molecular complexity index is 298. The molecule has 1 aromatic rings. The van der Waals surface area contributed by atoms with Gasteiger partial charge in [-0.05, 0) is 18.4 Å². The van der Waals surface area contributed by atoms with E-state index in [1.54, 1.807) is 0 Å². The number of hydrogen-bond acceptors (Lipinski definition) is 2. The molecular formula is C13H17BrO2. The van der Waals surface area contributed by atoms with Gasteiger partial charge in [0.05, 0.1) is 11.9 Å². The van der Waals surface area contributed by atoms with Crippen LogP contribution < -0.4 is 0 Å². The fourth-order valence-corrected chi connectivity index (χ4v) is 1.64. The number of carbonyl (C=O) groups excluding carboxylic acids is 1. The number of carbonyl (C=O) groups is 1. The number of hydrogen-bond donors (Lipinski definition) is 0. The van der Waals surface area contributed by atoms with Gasteiger partial charge >= 0.3 is 0 Å². The van der Waals surface area contributed by atoms with E-state index in [0.29, 0.717) is 18.4 Å². The monoisotopic (exact) mass is 284 g/mol. The number of Topliss-reactive ketones (excluding diaryl/α,β-unsaturated/α-hetero) is 1. The molecule has 1 aromatic carbocycles. The molecule has 16 heavy (non-hydrogen) atoms. The average molecular weight is 285 g/mol. The molecule has 0 aromatic heterocycles. The minimum Gasteiger partial charge on any atom is -0.377 e. The van der Waals surface area contributed by atoms with Crippen molar-refractivity contribution in [2.75, 3.05) is 11.9 Å². The molecule has 0 unspecified atom stereocenters. The second kappa shape index (κ2) is 8.48. The number of ether oxygens (including phenoxy) is 1. The topological polar surface area (TPSA) is 26.3 Å². The molecular weight excluding hydrogens is 268 g/mol. The van der Waals surface area contributed by atoms with Crippen LogP contribution in [0, 0.1) is 0 Å². The summed E-state index contributed by atoms with van der Waals surface area (Å²) in [7, 11) is 0. The highest BCUT2D eigenvalue weighted by Crippen LogP contribution is 2.03. The van der Waals surface area contributed by atoms with Crippen molar-refractivity contribution in [3.8, 4) is 0 Å². The molecule has 3 heteroatoms. The third-order valence-corrected chi connectivity index (χ3v) is 2.88. The number of alkyl halides is 1. The van der Waals surface area contributed by atoms with Gasteiger partial charge in [0.2, 0.25) is 0 Å². The first-order valence-electron chi connectivity index (χ1n) is 5.52. The Morgan fingerprint density at radius 1 is 1.19 bits per heavy atom. The second-order valence-corrected chi connectivity index (χ2v) is 4.23. The Morgan fingerprint density at radius 2 is 1.94 bits per heavy atom. The lowest BCUT2D eigenvalue weighted by molar-refractivity contribution is -0.116. The van der Waals surface area contributed by atoms with Gasteiger partial charge in [-0.25, -0.2) is 0 Å². The van der Waals surface area contributed by atoms with Crippen LogP contribution in [0.2, 0.25) is 0 Å². The molecule has 0 radical (unpaired) electrons. The third-order valence-electron chi connectivity index (χ3n) is 2.25. The van der Waals surface area contributed by atoms with E-state index in [9.17, 15) is 4.79 Å². The molecule has 0 aliphatic rings. The predicted molar refractivity (Wildman–Crippen MR) is 68.8 cm³/mol. The van der Waals surface area contributed by atoms with Crippen molar-refractivity contribution in [2.24, 2.45) is 0 Å². The second-order valence-electron chi connectivity index (χ2n) is 3.67. The van der Waals surface area contributed by atoms with E-state index in [1.165, 1.54) is 5.56 Å². The van der Waals surface area contributed by atoms with Gasteiger partial charge in [0.25, 0.3) is 0 Å². The molecule has 0 aliphatic heterocycles. The molecule has 0 spiro atoms. The first-order chi connectivity index (χ1) is 7.83. The highest BCUT2D eigenvalue weighted by atomic mass is 79.9. The zero-order chi connectivity index (χ0) is 11.6. The smallest absolute Gasteiger partial charge is 0.143 e. The average Bonchev–Trinajstić information content (AvgIpc) is 2.34. The Balaban J connectivity index is 1.98. The van der Waals surface area contributed by atoms with Crippen molar-refractivity contribution in [2.45, 2.75) is 25.9 Å². The zero-order valence-electron chi connectivity index (χ0n) is 9.32. The first kappa shape index (κ1) is 13.4. The van der Waals surface area contributed by atoms with Crippen LogP contribution in [-0.4, -0.2) is 17.7 Å². The molecule has 0 saturated carbocycles. The van der Waals surface area contributed by atoms with Crippen LogP contribution in [0.5, 0.6) is 0 Å². The lowest BCUT2D eigenvalue weighted by Crippen LogP contribution is -2.00. The van der Waals surface area contributed by atoms with E-state index in [4.69, 9.17) is 4.74 Å². The van der Waals surface area contributed by atoms with Gasteiger partial charge in [0, 0.05) is 13.0 Å². The number of rotatable bonds is 8. The van der Waals surface area contributed by atoms with Crippen molar-refractivity contribution >= 4 is 21.7 Å². The summed E-state index contributed by atoms with van der Waals surface area (Å²) in [5.41, 5.74) is 1.19. The predicted octanol–water partition coefficient (Wildman–Crippen LogP) is 3.34.